The molecule has 1 aliphatic heterocycles. The van der Waals surface area contributed by atoms with E-state index in [1.807, 2.05) is 37.4 Å². The Labute approximate surface area is 146 Å². The number of amides is 1. The van der Waals surface area contributed by atoms with E-state index in [1.54, 1.807) is 0 Å². The van der Waals surface area contributed by atoms with Gasteiger partial charge in [0.05, 0.1) is 0 Å². The number of nitrogens with zero attached hydrogens (tertiary/aromatic N) is 1. The van der Waals surface area contributed by atoms with E-state index in [2.05, 4.69) is 19.2 Å². The first-order chi connectivity index (χ1) is 10.7. The maximum Gasteiger partial charge on any atom is 0.410 e. The second-order valence-corrected chi connectivity index (χ2v) is 9.73. The lowest BCUT2D eigenvalue weighted by molar-refractivity contribution is 0.0231. The number of hydrogen-bond donors (Lipinski definition) is 1. The van der Waals surface area contributed by atoms with Gasteiger partial charge in [-0.15, -0.1) is 0 Å². The molecule has 2 aliphatic rings. The average Bonchev–Trinajstić information content (AvgIpc) is 3.22. The monoisotopic (exact) mass is 342 g/mol. The van der Waals surface area contributed by atoms with Crippen molar-refractivity contribution < 1.29 is 9.53 Å². The van der Waals surface area contributed by atoms with Crippen molar-refractivity contribution in [3.63, 3.8) is 0 Å². The number of hydrogen-bond acceptors (Lipinski definition) is 4. The van der Waals surface area contributed by atoms with Gasteiger partial charge in [0.15, 0.2) is 0 Å². The maximum absolute atomic E-state index is 12.3. The first-order valence-corrected chi connectivity index (χ1v) is 10.2. The Bertz CT molecular complexity index is 402. The van der Waals surface area contributed by atoms with E-state index in [0.29, 0.717) is 17.5 Å². The molecule has 1 saturated carbocycles. The lowest BCUT2D eigenvalue weighted by Gasteiger charge is -2.39. The summed E-state index contributed by atoms with van der Waals surface area (Å²) in [5.41, 5.74) is -0.0294. The van der Waals surface area contributed by atoms with Gasteiger partial charge in [-0.2, -0.15) is 11.8 Å². The summed E-state index contributed by atoms with van der Waals surface area (Å²) in [6.07, 6.45) is 4.38. The molecule has 1 aliphatic carbocycles. The van der Waals surface area contributed by atoms with Crippen molar-refractivity contribution in [2.24, 2.45) is 5.41 Å². The molecule has 1 saturated heterocycles. The molecule has 23 heavy (non-hydrogen) atoms. The third kappa shape index (κ3) is 6.18. The third-order valence-electron chi connectivity index (χ3n) is 4.70. The van der Waals surface area contributed by atoms with Crippen LogP contribution in [0.2, 0.25) is 0 Å². The molecule has 1 heterocycles. The maximum atomic E-state index is 12.3. The van der Waals surface area contributed by atoms with Gasteiger partial charge in [-0.3, -0.25) is 0 Å². The largest absolute Gasteiger partial charge is 0.444 e. The van der Waals surface area contributed by atoms with Crippen molar-refractivity contribution >= 4 is 17.9 Å². The molecular formula is C18H34N2O2S. The molecule has 0 bridgehead atoms. The third-order valence-corrected chi connectivity index (χ3v) is 5.76. The Balaban J connectivity index is 1.73. The molecule has 1 N–H and O–H groups in total. The summed E-state index contributed by atoms with van der Waals surface area (Å²) in [6.45, 7) is 12.3. The fourth-order valence-corrected chi connectivity index (χ4v) is 4.57. The summed E-state index contributed by atoms with van der Waals surface area (Å²) in [4.78, 5) is 14.3. The lowest BCUT2D eigenvalue weighted by atomic mass is 9.82. The first kappa shape index (κ1) is 18.9. The zero-order valence-electron chi connectivity index (χ0n) is 15.5. The molecule has 0 aromatic rings. The summed E-state index contributed by atoms with van der Waals surface area (Å²) in [6, 6.07) is 0.990. The summed E-state index contributed by atoms with van der Waals surface area (Å²) in [5, 5.41) is 3.71. The highest BCUT2D eigenvalue weighted by molar-refractivity contribution is 7.99. The molecule has 2 rings (SSSR count). The first-order valence-electron chi connectivity index (χ1n) is 9.00. The van der Waals surface area contributed by atoms with E-state index in [-0.39, 0.29) is 6.09 Å². The van der Waals surface area contributed by atoms with Crippen molar-refractivity contribution in [1.29, 1.82) is 0 Å². The van der Waals surface area contributed by atoms with Crippen LogP contribution in [0.5, 0.6) is 0 Å². The standard InChI is InChI=1S/C18H34N2O2S/c1-17(2,3)22-16(21)20(14-7-8-14)11-6-10-19-15-13-23-12-9-18(15,4)5/h14-15,19H,6-13H2,1-5H3. The van der Waals surface area contributed by atoms with Crippen LogP contribution in [0.25, 0.3) is 0 Å². The predicted octanol–water partition coefficient (Wildman–Crippen LogP) is 3.90. The van der Waals surface area contributed by atoms with Gasteiger partial charge in [0, 0.05) is 24.4 Å². The highest BCUT2D eigenvalue weighted by Gasteiger charge is 2.35. The number of ether oxygens (including phenoxy) is 1. The van der Waals surface area contributed by atoms with E-state index in [4.69, 9.17) is 4.74 Å². The van der Waals surface area contributed by atoms with E-state index in [0.717, 1.165) is 32.4 Å². The second kappa shape index (κ2) is 7.64. The minimum atomic E-state index is -0.411. The summed E-state index contributed by atoms with van der Waals surface area (Å²) < 4.78 is 5.54. The molecule has 5 heteroatoms. The number of carbonyl (C=O) groups excluding carboxylic acids is 1. The van der Waals surface area contributed by atoms with Crippen LogP contribution in [0.1, 0.15) is 60.3 Å². The van der Waals surface area contributed by atoms with Crippen LogP contribution in [-0.4, -0.2) is 53.3 Å². The zero-order chi connectivity index (χ0) is 17.1. The van der Waals surface area contributed by atoms with Gasteiger partial charge in [0.2, 0.25) is 0 Å². The highest BCUT2D eigenvalue weighted by atomic mass is 32.2. The second-order valence-electron chi connectivity index (χ2n) is 8.58. The summed E-state index contributed by atoms with van der Waals surface area (Å²) >= 11 is 2.05. The Morgan fingerprint density at radius 3 is 2.61 bits per heavy atom. The number of carbonyl (C=O) groups is 1. The van der Waals surface area contributed by atoms with Crippen LogP contribution in [0.4, 0.5) is 4.79 Å². The molecule has 1 amide bonds. The lowest BCUT2D eigenvalue weighted by Crippen LogP contribution is -2.47. The Kier molecular flexibility index (Phi) is 6.28. The summed E-state index contributed by atoms with van der Waals surface area (Å²) in [7, 11) is 0. The van der Waals surface area contributed by atoms with Gasteiger partial charge >= 0.3 is 6.09 Å². The van der Waals surface area contributed by atoms with Crippen LogP contribution in [0, 0.1) is 5.41 Å². The van der Waals surface area contributed by atoms with Crippen molar-refractivity contribution in [2.45, 2.75) is 78.0 Å². The normalized spacial score (nSPS) is 24.3. The van der Waals surface area contributed by atoms with Gasteiger partial charge in [0.1, 0.15) is 5.60 Å². The van der Waals surface area contributed by atoms with Crippen molar-refractivity contribution in [3.05, 3.63) is 0 Å². The molecule has 0 radical (unpaired) electrons. The molecular weight excluding hydrogens is 308 g/mol. The number of rotatable bonds is 6. The molecule has 134 valence electrons. The van der Waals surface area contributed by atoms with E-state index in [9.17, 15) is 4.79 Å². The number of nitrogens with one attached hydrogen (secondary N) is 1. The average molecular weight is 343 g/mol. The Hall–Kier alpha value is -0.420. The van der Waals surface area contributed by atoms with Crippen molar-refractivity contribution in [1.82, 2.24) is 10.2 Å². The smallest absolute Gasteiger partial charge is 0.410 e. The van der Waals surface area contributed by atoms with E-state index in [1.165, 1.54) is 17.9 Å². The van der Waals surface area contributed by atoms with Crippen molar-refractivity contribution in [2.75, 3.05) is 24.6 Å². The molecule has 4 nitrogen and oxygen atoms in total. The van der Waals surface area contributed by atoms with Crippen LogP contribution in [0.3, 0.4) is 0 Å². The Morgan fingerprint density at radius 2 is 2.04 bits per heavy atom. The minimum absolute atomic E-state index is 0.145. The predicted molar refractivity (Wildman–Crippen MR) is 98.1 cm³/mol. The van der Waals surface area contributed by atoms with Gasteiger partial charge in [-0.05, 0) is 64.2 Å². The van der Waals surface area contributed by atoms with Crippen LogP contribution in [0.15, 0.2) is 0 Å². The Morgan fingerprint density at radius 1 is 1.35 bits per heavy atom. The van der Waals surface area contributed by atoms with Gasteiger partial charge in [-0.1, -0.05) is 13.8 Å². The van der Waals surface area contributed by atoms with Gasteiger partial charge < -0.3 is 15.0 Å². The summed E-state index contributed by atoms with van der Waals surface area (Å²) in [5.74, 6) is 2.48. The van der Waals surface area contributed by atoms with E-state index < -0.39 is 5.60 Å². The molecule has 1 unspecified atom stereocenters. The fourth-order valence-electron chi connectivity index (χ4n) is 2.93. The topological polar surface area (TPSA) is 41.6 Å². The van der Waals surface area contributed by atoms with Gasteiger partial charge in [-0.25, -0.2) is 4.79 Å². The quantitative estimate of drug-likeness (QED) is 0.743. The SMILES string of the molecule is CC(C)(C)OC(=O)N(CCCNC1CSCCC1(C)C)C1CC1. The molecule has 0 aromatic carbocycles. The molecule has 0 aromatic heterocycles. The van der Waals surface area contributed by atoms with Gasteiger partial charge in [0.25, 0.3) is 0 Å². The highest BCUT2D eigenvalue weighted by Crippen LogP contribution is 2.34. The molecule has 0 spiro atoms. The fraction of sp³-hybridized carbons (Fsp3) is 0.944. The van der Waals surface area contributed by atoms with Crippen LogP contribution >= 0.6 is 11.8 Å². The minimum Gasteiger partial charge on any atom is -0.444 e. The molecule has 1 atom stereocenters. The number of thioether (sulfide) groups is 1. The van der Waals surface area contributed by atoms with Crippen LogP contribution < -0.4 is 5.32 Å². The van der Waals surface area contributed by atoms with Crippen molar-refractivity contribution in [3.8, 4) is 0 Å². The zero-order valence-corrected chi connectivity index (χ0v) is 16.3. The van der Waals surface area contributed by atoms with Crippen LogP contribution in [-0.2, 0) is 4.74 Å². The van der Waals surface area contributed by atoms with E-state index >= 15 is 0 Å². The molecule has 2 fully saturated rings.